The molecule has 0 rings (SSSR count). The Labute approximate surface area is 55.9 Å². The second kappa shape index (κ2) is 2.39. The first-order valence-corrected chi connectivity index (χ1v) is 2.97. The van der Waals surface area contributed by atoms with Crippen molar-refractivity contribution in [2.45, 2.75) is 9.66 Å². The molecule has 0 aliphatic heterocycles. The van der Waals surface area contributed by atoms with E-state index in [-0.39, 0.29) is 0 Å². The highest BCUT2D eigenvalue weighted by molar-refractivity contribution is 9.11. The van der Waals surface area contributed by atoms with Crippen molar-refractivity contribution < 1.29 is 0 Å². The maximum Gasteiger partial charge on any atom is 0.172 e. The molecule has 0 unspecified atom stereocenters. The highest BCUT2D eigenvalue weighted by Gasteiger charge is 2.13. The van der Waals surface area contributed by atoms with Crippen LogP contribution < -0.4 is 0 Å². The summed E-state index contributed by atoms with van der Waals surface area (Å²) in [6, 6.07) is 0. The Hall–Kier alpha value is 1.06. The third-order valence-electron chi connectivity index (χ3n) is 0.283. The van der Waals surface area contributed by atoms with Crippen molar-refractivity contribution in [1.29, 1.82) is 0 Å². The van der Waals surface area contributed by atoms with Crippen molar-refractivity contribution in [2.75, 3.05) is 0 Å². The fourth-order valence-corrected chi connectivity index (χ4v) is 0. The first-order valence-electron chi connectivity index (χ1n) is 1.42. The summed E-state index contributed by atoms with van der Waals surface area (Å²) in [6.07, 6.45) is 0.468. The van der Waals surface area contributed by atoms with Gasteiger partial charge in [0, 0.05) is 0 Å². The lowest BCUT2D eigenvalue weighted by molar-refractivity contribution is 1.11. The van der Waals surface area contributed by atoms with Crippen LogP contribution in [0.5, 0.6) is 0 Å². The average Bonchev–Trinajstić information content (AvgIpc) is 1.35. The molecule has 0 aliphatic rings. The van der Waals surface area contributed by atoms with Crippen LogP contribution in [0.2, 0.25) is 0 Å². The summed E-state index contributed by atoms with van der Waals surface area (Å²) < 4.78 is -0.812. The molecule has 1 radical (unpaired) electrons. The van der Waals surface area contributed by atoms with Crippen LogP contribution in [-0.2, 0) is 0 Å². The van der Waals surface area contributed by atoms with Gasteiger partial charge in [0.1, 0.15) is 0 Å². The number of hydrogen-bond donors (Lipinski definition) is 0. The van der Waals surface area contributed by atoms with Crippen LogP contribution in [-0.4, -0.2) is 3.24 Å². The molecule has 0 heterocycles. The Morgan fingerprint density at radius 1 is 1.67 bits per heavy atom. The van der Waals surface area contributed by atoms with E-state index in [0.717, 1.165) is 0 Å². The molecular weight excluding hydrogens is 187 g/mol. The molecule has 0 aromatic heterocycles. The lowest BCUT2D eigenvalue weighted by Crippen LogP contribution is -1.95. The standard InChI is InChI=1S/C3H4BrCl2/c1-2-3(4,5)6/h1-2H2. The van der Waals surface area contributed by atoms with Crippen LogP contribution in [0, 0.1) is 6.92 Å². The minimum atomic E-state index is -0.812. The normalized spacial score (nSPS) is 12.0. The van der Waals surface area contributed by atoms with E-state index in [1.54, 1.807) is 0 Å². The van der Waals surface area contributed by atoms with Gasteiger partial charge in [-0.2, -0.15) is 0 Å². The minimum Gasteiger partial charge on any atom is -0.0888 e. The molecule has 0 N–H and O–H groups in total. The van der Waals surface area contributed by atoms with Crippen LogP contribution in [0.3, 0.4) is 0 Å². The summed E-state index contributed by atoms with van der Waals surface area (Å²) in [5.74, 6) is 0. The molecule has 0 fully saturated rings. The topological polar surface area (TPSA) is 0 Å². The molecule has 6 heavy (non-hydrogen) atoms. The van der Waals surface area contributed by atoms with Gasteiger partial charge in [0.05, 0.1) is 0 Å². The molecule has 0 aromatic rings. The predicted molar refractivity (Wildman–Crippen MR) is 33.3 cm³/mol. The zero-order chi connectivity index (χ0) is 5.21. The highest BCUT2D eigenvalue weighted by Crippen LogP contribution is 2.31. The summed E-state index contributed by atoms with van der Waals surface area (Å²) >= 11 is 13.6. The monoisotopic (exact) mass is 189 g/mol. The fourth-order valence-electron chi connectivity index (χ4n) is 0. The van der Waals surface area contributed by atoms with Crippen molar-refractivity contribution in [2.24, 2.45) is 0 Å². The molecule has 0 spiro atoms. The van der Waals surface area contributed by atoms with Crippen LogP contribution in [0.1, 0.15) is 6.42 Å². The van der Waals surface area contributed by atoms with Gasteiger partial charge in [0.15, 0.2) is 3.24 Å². The van der Waals surface area contributed by atoms with Crippen LogP contribution in [0.15, 0.2) is 0 Å². The summed E-state index contributed by atoms with van der Waals surface area (Å²) in [7, 11) is 0. The Kier molecular flexibility index (Phi) is 2.81. The maximum absolute atomic E-state index is 5.34. The first kappa shape index (κ1) is 7.06. The van der Waals surface area contributed by atoms with Gasteiger partial charge in [-0.15, -0.1) is 0 Å². The van der Waals surface area contributed by atoms with E-state index >= 15 is 0 Å². The van der Waals surface area contributed by atoms with E-state index in [1.807, 2.05) is 0 Å². The largest absolute Gasteiger partial charge is 0.172 e. The lowest BCUT2D eigenvalue weighted by Gasteiger charge is -2.03. The Morgan fingerprint density at radius 3 is 1.83 bits per heavy atom. The summed E-state index contributed by atoms with van der Waals surface area (Å²) in [4.78, 5) is 0. The average molecular weight is 191 g/mol. The van der Waals surface area contributed by atoms with Gasteiger partial charge in [0.25, 0.3) is 0 Å². The van der Waals surface area contributed by atoms with Crippen molar-refractivity contribution in [3.8, 4) is 0 Å². The van der Waals surface area contributed by atoms with Gasteiger partial charge in [-0.25, -0.2) is 0 Å². The second-order valence-corrected chi connectivity index (χ2v) is 4.62. The molecule has 0 nitrogen and oxygen atoms in total. The van der Waals surface area contributed by atoms with Crippen LogP contribution in [0.4, 0.5) is 0 Å². The molecule has 37 valence electrons. The number of rotatable bonds is 1. The van der Waals surface area contributed by atoms with Crippen molar-refractivity contribution in [3.05, 3.63) is 6.92 Å². The van der Waals surface area contributed by atoms with E-state index in [9.17, 15) is 0 Å². The zero-order valence-corrected chi connectivity index (χ0v) is 6.15. The quantitative estimate of drug-likeness (QED) is 0.558. The van der Waals surface area contributed by atoms with Gasteiger partial charge in [-0.1, -0.05) is 23.2 Å². The third kappa shape index (κ3) is 5.06. The van der Waals surface area contributed by atoms with E-state index in [2.05, 4.69) is 22.9 Å². The molecular formula is C3H4BrCl2. The Morgan fingerprint density at radius 2 is 1.83 bits per heavy atom. The molecule has 0 bridgehead atoms. The van der Waals surface area contributed by atoms with Gasteiger partial charge in [0.2, 0.25) is 0 Å². The first-order chi connectivity index (χ1) is 2.56. The summed E-state index contributed by atoms with van der Waals surface area (Å²) in [6.45, 7) is 3.45. The predicted octanol–water partition coefficient (Wildman–Crippen LogP) is 2.74. The van der Waals surface area contributed by atoms with E-state index in [0.29, 0.717) is 6.42 Å². The molecule has 0 saturated heterocycles. The van der Waals surface area contributed by atoms with Gasteiger partial charge < -0.3 is 0 Å². The SMILES string of the molecule is [CH2]CC(Cl)(Cl)Br. The maximum atomic E-state index is 5.34. The van der Waals surface area contributed by atoms with Crippen molar-refractivity contribution in [3.63, 3.8) is 0 Å². The molecule has 0 aliphatic carbocycles. The minimum absolute atomic E-state index is 0.468. The highest BCUT2D eigenvalue weighted by atomic mass is 79.9. The molecule has 0 amide bonds. The second-order valence-electron chi connectivity index (χ2n) is 0.865. The third-order valence-corrected chi connectivity index (χ3v) is 1.06. The number of halogens is 3. The fraction of sp³-hybridized carbons (Fsp3) is 0.667. The van der Waals surface area contributed by atoms with Crippen molar-refractivity contribution in [1.82, 2.24) is 0 Å². The number of alkyl halides is 3. The number of hydrogen-bond acceptors (Lipinski definition) is 0. The lowest BCUT2D eigenvalue weighted by atomic mass is 10.6. The van der Waals surface area contributed by atoms with Crippen molar-refractivity contribution >= 4 is 39.1 Å². The Balaban J connectivity index is 3.17. The van der Waals surface area contributed by atoms with E-state index in [1.165, 1.54) is 0 Å². The Bertz CT molecular complexity index is 38.5. The molecule has 0 aromatic carbocycles. The van der Waals surface area contributed by atoms with Crippen LogP contribution in [0.25, 0.3) is 0 Å². The van der Waals surface area contributed by atoms with Crippen LogP contribution >= 0.6 is 39.1 Å². The summed E-state index contributed by atoms with van der Waals surface area (Å²) in [5.41, 5.74) is 0. The van der Waals surface area contributed by atoms with Gasteiger partial charge >= 0.3 is 0 Å². The van der Waals surface area contributed by atoms with Gasteiger partial charge in [-0.3, -0.25) is 0 Å². The molecule has 3 heteroatoms. The van der Waals surface area contributed by atoms with Gasteiger partial charge in [-0.05, 0) is 29.3 Å². The van der Waals surface area contributed by atoms with E-state index in [4.69, 9.17) is 23.2 Å². The zero-order valence-electron chi connectivity index (χ0n) is 3.05. The van der Waals surface area contributed by atoms with E-state index < -0.39 is 3.24 Å². The molecule has 0 atom stereocenters. The molecule has 0 saturated carbocycles. The smallest absolute Gasteiger partial charge is 0.0888 e. The summed E-state index contributed by atoms with van der Waals surface area (Å²) in [5, 5.41) is 0.